The van der Waals surface area contributed by atoms with Crippen LogP contribution in [0.15, 0.2) is 64.6 Å². The summed E-state index contributed by atoms with van der Waals surface area (Å²) in [6.07, 6.45) is 1.65. The van der Waals surface area contributed by atoms with E-state index in [4.69, 9.17) is 5.11 Å². The summed E-state index contributed by atoms with van der Waals surface area (Å²) < 4.78 is 24.8. The number of nitrogens with zero attached hydrogens (tertiary/aromatic N) is 1. The molecule has 0 aliphatic rings. The van der Waals surface area contributed by atoms with E-state index in [1.807, 2.05) is 13.8 Å². The number of anilines is 1. The van der Waals surface area contributed by atoms with E-state index < -0.39 is 21.9 Å². The normalized spacial score (nSPS) is 12.0. The van der Waals surface area contributed by atoms with Gasteiger partial charge in [0.25, 0.3) is 10.0 Å². The van der Waals surface area contributed by atoms with Crippen LogP contribution < -0.4 is 10.1 Å². The number of nitrogens with one attached hydrogen (secondary N) is 2. The maximum absolute atomic E-state index is 12.4. The van der Waals surface area contributed by atoms with Crippen molar-refractivity contribution in [2.45, 2.75) is 25.7 Å². The van der Waals surface area contributed by atoms with E-state index in [1.165, 1.54) is 6.07 Å². The van der Waals surface area contributed by atoms with Gasteiger partial charge in [-0.05, 0) is 61.7 Å². The molecular weight excluding hydrogens is 394 g/mol. The molecule has 0 saturated carbocycles. The highest BCUT2D eigenvalue weighted by atomic mass is 32.2. The van der Waals surface area contributed by atoms with Gasteiger partial charge in [-0.2, -0.15) is 18.4 Å². The summed E-state index contributed by atoms with van der Waals surface area (Å²) in [5.41, 5.74) is 3.39. The molecule has 29 heavy (non-hydrogen) atoms. The van der Waals surface area contributed by atoms with Crippen molar-refractivity contribution in [3.8, 4) is 0 Å². The van der Waals surface area contributed by atoms with Crippen LogP contribution in [0.4, 0.5) is 5.69 Å². The largest absolute Gasteiger partial charge is 0.478 e. The van der Waals surface area contributed by atoms with Crippen molar-refractivity contribution in [3.63, 3.8) is 0 Å². The van der Waals surface area contributed by atoms with E-state index in [9.17, 15) is 18.0 Å². The third kappa shape index (κ3) is 6.28. The number of hydrazone groups is 1. The van der Waals surface area contributed by atoms with Gasteiger partial charge in [0.2, 0.25) is 5.91 Å². The van der Waals surface area contributed by atoms with Crippen molar-refractivity contribution < 1.29 is 23.1 Å². The zero-order valence-corrected chi connectivity index (χ0v) is 16.9. The van der Waals surface area contributed by atoms with E-state index in [0.717, 1.165) is 23.3 Å². The summed E-state index contributed by atoms with van der Waals surface area (Å²) in [6.45, 7) is 5.38. The van der Waals surface area contributed by atoms with Crippen LogP contribution in [0.5, 0.6) is 0 Å². The summed E-state index contributed by atoms with van der Waals surface area (Å²) in [5.74, 6) is -1.79. The topological polar surface area (TPSA) is 125 Å². The van der Waals surface area contributed by atoms with Crippen molar-refractivity contribution in [1.82, 2.24) is 4.83 Å². The summed E-state index contributed by atoms with van der Waals surface area (Å²) in [5, 5.41) is 15.0. The van der Waals surface area contributed by atoms with Gasteiger partial charge >= 0.3 is 5.97 Å². The van der Waals surface area contributed by atoms with Gasteiger partial charge in [-0.25, -0.2) is 4.79 Å². The number of rotatable bonds is 7. The van der Waals surface area contributed by atoms with Crippen LogP contribution in [0.1, 0.15) is 23.6 Å². The Morgan fingerprint density at radius 2 is 1.66 bits per heavy atom. The van der Waals surface area contributed by atoms with Crippen molar-refractivity contribution in [3.05, 3.63) is 71.3 Å². The third-order valence-corrected chi connectivity index (χ3v) is 5.28. The summed E-state index contributed by atoms with van der Waals surface area (Å²) in [6, 6.07) is 11.3. The molecule has 1 amide bonds. The number of amides is 1. The Morgan fingerprint density at radius 1 is 1.00 bits per heavy atom. The number of hydrogen-bond acceptors (Lipinski definition) is 5. The molecule has 9 heteroatoms. The fraction of sp³-hybridized carbons (Fsp3) is 0.150. The molecule has 0 aromatic heterocycles. The van der Waals surface area contributed by atoms with Crippen LogP contribution in [-0.2, 0) is 19.6 Å². The molecule has 0 bridgehead atoms. The number of aliphatic carboxylic acids is 1. The van der Waals surface area contributed by atoms with Crippen LogP contribution in [0.3, 0.4) is 0 Å². The lowest BCUT2D eigenvalue weighted by Crippen LogP contribution is -2.20. The predicted octanol–water partition coefficient (Wildman–Crippen LogP) is 2.59. The van der Waals surface area contributed by atoms with E-state index in [1.54, 1.807) is 43.3 Å². The minimum absolute atomic E-state index is 0.129. The molecule has 0 atom stereocenters. The van der Waals surface area contributed by atoms with Crippen molar-refractivity contribution in [1.29, 1.82) is 0 Å². The number of hydrogen-bond donors (Lipinski definition) is 3. The second-order valence-corrected chi connectivity index (χ2v) is 7.94. The number of sulfonamides is 1. The SMILES string of the molecule is CC(=NNS(=O)(=O)c1ccc(C)c(C)c1)c1ccc(NC(=O)C=CC(=O)O)cc1. The molecule has 0 aliphatic heterocycles. The first-order chi connectivity index (χ1) is 13.6. The van der Waals surface area contributed by atoms with Crippen molar-refractivity contribution >= 4 is 33.3 Å². The molecule has 0 fully saturated rings. The fourth-order valence-corrected chi connectivity index (χ4v) is 3.19. The fourth-order valence-electron chi connectivity index (χ4n) is 2.25. The summed E-state index contributed by atoms with van der Waals surface area (Å²) in [7, 11) is -3.79. The Bertz CT molecular complexity index is 1090. The summed E-state index contributed by atoms with van der Waals surface area (Å²) >= 11 is 0. The number of carboxylic acid groups (broad SMARTS) is 1. The first-order valence-electron chi connectivity index (χ1n) is 8.54. The Hall–Kier alpha value is -3.46. The molecule has 3 N–H and O–H groups in total. The molecule has 8 nitrogen and oxygen atoms in total. The van der Waals surface area contributed by atoms with Crippen molar-refractivity contribution in [2.24, 2.45) is 5.10 Å². The first-order valence-corrected chi connectivity index (χ1v) is 10.0. The molecule has 2 rings (SSSR count). The molecule has 0 aliphatic carbocycles. The summed E-state index contributed by atoms with van der Waals surface area (Å²) in [4.78, 5) is 24.3. The molecule has 0 spiro atoms. The molecule has 0 radical (unpaired) electrons. The number of aryl methyl sites for hydroxylation is 2. The van der Waals surface area contributed by atoms with Gasteiger partial charge in [0, 0.05) is 17.8 Å². The molecule has 0 unspecified atom stereocenters. The van der Waals surface area contributed by atoms with Gasteiger partial charge in [-0.15, -0.1) is 0 Å². The lowest BCUT2D eigenvalue weighted by molar-refractivity contribution is -0.131. The molecule has 2 aromatic rings. The van der Waals surface area contributed by atoms with Crippen molar-refractivity contribution in [2.75, 3.05) is 5.32 Å². The van der Waals surface area contributed by atoms with Gasteiger partial charge in [0.05, 0.1) is 10.6 Å². The van der Waals surface area contributed by atoms with Gasteiger partial charge in [-0.3, -0.25) is 4.79 Å². The highest BCUT2D eigenvalue weighted by molar-refractivity contribution is 7.89. The van der Waals surface area contributed by atoms with Crippen LogP contribution in [0.2, 0.25) is 0 Å². The standard InChI is InChI=1S/C20H21N3O5S/c1-13-4-9-18(12-14(13)2)29(27,28)23-22-15(3)16-5-7-17(8-6-16)21-19(24)10-11-20(25)26/h4-12,23H,1-3H3,(H,21,24)(H,25,26). The van der Waals surface area contributed by atoms with Gasteiger partial charge < -0.3 is 10.4 Å². The zero-order chi connectivity index (χ0) is 21.6. The van der Waals surface area contributed by atoms with Gasteiger partial charge in [-0.1, -0.05) is 18.2 Å². The molecular formula is C20H21N3O5S. The minimum atomic E-state index is -3.79. The van der Waals surface area contributed by atoms with E-state index in [0.29, 0.717) is 17.0 Å². The number of benzene rings is 2. The van der Waals surface area contributed by atoms with Crippen LogP contribution in [-0.4, -0.2) is 31.1 Å². The maximum atomic E-state index is 12.4. The smallest absolute Gasteiger partial charge is 0.328 e. The maximum Gasteiger partial charge on any atom is 0.328 e. The Kier molecular flexibility index (Phi) is 6.89. The monoisotopic (exact) mass is 415 g/mol. The lowest BCUT2D eigenvalue weighted by Gasteiger charge is -2.08. The highest BCUT2D eigenvalue weighted by Crippen LogP contribution is 2.15. The average molecular weight is 415 g/mol. The zero-order valence-electron chi connectivity index (χ0n) is 16.1. The molecule has 0 saturated heterocycles. The second-order valence-electron chi connectivity index (χ2n) is 6.28. The quantitative estimate of drug-likeness (QED) is 0.364. The number of carbonyl (C=O) groups excluding carboxylic acids is 1. The average Bonchev–Trinajstić information content (AvgIpc) is 2.67. The predicted molar refractivity (Wildman–Crippen MR) is 110 cm³/mol. The lowest BCUT2D eigenvalue weighted by atomic mass is 10.1. The van der Waals surface area contributed by atoms with Crippen LogP contribution in [0, 0.1) is 13.8 Å². The molecule has 0 heterocycles. The Labute approximate surface area is 169 Å². The highest BCUT2D eigenvalue weighted by Gasteiger charge is 2.14. The van der Waals surface area contributed by atoms with Gasteiger partial charge in [0.1, 0.15) is 0 Å². The molecule has 152 valence electrons. The Morgan fingerprint density at radius 3 is 2.24 bits per heavy atom. The minimum Gasteiger partial charge on any atom is -0.478 e. The Balaban J connectivity index is 2.08. The van der Waals surface area contributed by atoms with Crippen LogP contribution in [0.25, 0.3) is 0 Å². The second kappa shape index (κ2) is 9.16. The van der Waals surface area contributed by atoms with E-state index in [2.05, 4.69) is 15.2 Å². The van der Waals surface area contributed by atoms with E-state index >= 15 is 0 Å². The first kappa shape index (κ1) is 21.8. The van der Waals surface area contributed by atoms with Crippen LogP contribution >= 0.6 is 0 Å². The number of carboxylic acids is 1. The van der Waals surface area contributed by atoms with E-state index in [-0.39, 0.29) is 4.90 Å². The molecule has 2 aromatic carbocycles. The van der Waals surface area contributed by atoms with Gasteiger partial charge in [0.15, 0.2) is 0 Å². The third-order valence-electron chi connectivity index (χ3n) is 4.07. The number of carbonyl (C=O) groups is 2.